The Morgan fingerprint density at radius 2 is 1.54 bits per heavy atom. The molecule has 3 N–H and O–H groups in total. The van der Waals surface area contributed by atoms with E-state index in [9.17, 15) is 35.9 Å². The summed E-state index contributed by atoms with van der Waals surface area (Å²) in [5.41, 5.74) is 0.753. The van der Waals surface area contributed by atoms with Crippen molar-refractivity contribution >= 4 is 33.3 Å². The van der Waals surface area contributed by atoms with Crippen LogP contribution >= 0.6 is 0 Å². The molecule has 2 aromatic carbocycles. The zero-order chi connectivity index (χ0) is 28.8. The molecule has 2 fully saturated rings. The standard InChI is InChI=1S/C23H28FN3O4S.C2HF3O2/c24-17-5-4-6-20(15-17)32(30,31)25-18-7-8-22(21(16-18)23(28)29)27-13-9-19(10-14-27)26-11-2-1-3-12-26;3-2(4,5)1(6)7/h4-8,15-16,19,25H,1-3,9-14H2,(H,28,29);(H,6,7). The quantitative estimate of drug-likeness (QED) is 0.433. The summed E-state index contributed by atoms with van der Waals surface area (Å²) >= 11 is 0. The van der Waals surface area contributed by atoms with E-state index in [1.807, 2.05) is 0 Å². The van der Waals surface area contributed by atoms with Crippen LogP contribution in [0, 0.1) is 5.82 Å². The lowest BCUT2D eigenvalue weighted by Gasteiger charge is -2.41. The first-order valence-electron chi connectivity index (χ1n) is 12.2. The molecule has 4 rings (SSSR count). The Balaban J connectivity index is 0.000000532. The fourth-order valence-corrected chi connectivity index (χ4v) is 5.73. The summed E-state index contributed by atoms with van der Waals surface area (Å²) in [5, 5.41) is 16.9. The number of hydrogen-bond acceptors (Lipinski definition) is 6. The number of nitrogens with zero attached hydrogens (tertiary/aromatic N) is 2. The molecule has 0 aliphatic carbocycles. The number of likely N-dealkylation sites (tertiary alicyclic amines) is 1. The van der Waals surface area contributed by atoms with Crippen LogP contribution in [0.1, 0.15) is 42.5 Å². The maximum Gasteiger partial charge on any atom is 0.490 e. The number of halogens is 4. The molecule has 39 heavy (non-hydrogen) atoms. The summed E-state index contributed by atoms with van der Waals surface area (Å²) < 4.78 is 72.7. The number of hydrogen-bond donors (Lipinski definition) is 3. The van der Waals surface area contributed by atoms with Gasteiger partial charge in [0.05, 0.1) is 16.1 Å². The van der Waals surface area contributed by atoms with Gasteiger partial charge < -0.3 is 20.0 Å². The van der Waals surface area contributed by atoms with E-state index in [0.717, 1.165) is 51.2 Å². The maximum absolute atomic E-state index is 13.4. The number of piperidine rings is 2. The van der Waals surface area contributed by atoms with Crippen molar-refractivity contribution in [3.63, 3.8) is 0 Å². The van der Waals surface area contributed by atoms with Crippen LogP contribution < -0.4 is 9.62 Å². The molecule has 214 valence electrons. The van der Waals surface area contributed by atoms with Gasteiger partial charge >= 0.3 is 18.1 Å². The van der Waals surface area contributed by atoms with Gasteiger partial charge in [-0.05, 0) is 75.2 Å². The third-order valence-electron chi connectivity index (χ3n) is 6.54. The monoisotopic (exact) mass is 575 g/mol. The molecule has 2 aliphatic heterocycles. The molecule has 0 atom stereocenters. The van der Waals surface area contributed by atoms with Gasteiger partial charge in [0.15, 0.2) is 0 Å². The number of aliphatic carboxylic acids is 1. The molecule has 0 saturated carbocycles. The molecular formula is C25H29F4N3O6S. The number of benzene rings is 2. The van der Waals surface area contributed by atoms with E-state index in [1.54, 1.807) is 12.1 Å². The summed E-state index contributed by atoms with van der Waals surface area (Å²) in [6.07, 6.45) is 0.666. The molecule has 14 heteroatoms. The predicted octanol–water partition coefficient (Wildman–Crippen LogP) is 4.41. The van der Waals surface area contributed by atoms with Crippen molar-refractivity contribution in [1.82, 2.24) is 4.90 Å². The molecule has 0 aromatic heterocycles. The third-order valence-corrected chi connectivity index (χ3v) is 7.92. The molecule has 0 unspecified atom stereocenters. The number of nitrogens with one attached hydrogen (secondary N) is 1. The highest BCUT2D eigenvalue weighted by Gasteiger charge is 2.38. The Morgan fingerprint density at radius 3 is 2.08 bits per heavy atom. The normalized spacial score (nSPS) is 17.2. The smallest absolute Gasteiger partial charge is 0.478 e. The molecule has 2 aromatic rings. The fourth-order valence-electron chi connectivity index (χ4n) is 4.65. The molecule has 0 radical (unpaired) electrons. The lowest BCUT2D eigenvalue weighted by molar-refractivity contribution is -0.192. The Labute approximate surface area is 223 Å². The van der Waals surface area contributed by atoms with E-state index in [0.29, 0.717) is 11.7 Å². The van der Waals surface area contributed by atoms with Crippen molar-refractivity contribution in [1.29, 1.82) is 0 Å². The largest absolute Gasteiger partial charge is 0.490 e. The summed E-state index contributed by atoms with van der Waals surface area (Å²) in [4.78, 5) is 25.2. The van der Waals surface area contributed by atoms with E-state index < -0.39 is 34.0 Å². The fraction of sp³-hybridized carbons (Fsp3) is 0.440. The van der Waals surface area contributed by atoms with Gasteiger partial charge in [-0.1, -0.05) is 12.5 Å². The average molecular weight is 576 g/mol. The van der Waals surface area contributed by atoms with E-state index in [-0.39, 0.29) is 16.1 Å². The minimum absolute atomic E-state index is 0.0425. The topological polar surface area (TPSA) is 127 Å². The van der Waals surface area contributed by atoms with E-state index in [2.05, 4.69) is 14.5 Å². The van der Waals surface area contributed by atoms with Gasteiger partial charge in [-0.25, -0.2) is 22.4 Å². The Kier molecular flexibility index (Phi) is 9.78. The van der Waals surface area contributed by atoms with Crippen LogP contribution in [0.5, 0.6) is 0 Å². The van der Waals surface area contributed by atoms with Crippen molar-refractivity contribution < 1.29 is 45.8 Å². The highest BCUT2D eigenvalue weighted by atomic mass is 32.2. The van der Waals surface area contributed by atoms with Crippen molar-refractivity contribution in [2.45, 2.75) is 49.2 Å². The average Bonchev–Trinajstić information content (AvgIpc) is 2.89. The van der Waals surface area contributed by atoms with Gasteiger partial charge in [0.2, 0.25) is 0 Å². The van der Waals surface area contributed by atoms with Gasteiger partial charge in [-0.15, -0.1) is 0 Å². The molecule has 0 amide bonds. The second-order valence-electron chi connectivity index (χ2n) is 9.22. The van der Waals surface area contributed by atoms with E-state index in [1.165, 1.54) is 37.5 Å². The maximum atomic E-state index is 13.4. The van der Waals surface area contributed by atoms with E-state index in [4.69, 9.17) is 9.90 Å². The van der Waals surface area contributed by atoms with Crippen LogP contribution in [0.4, 0.5) is 28.9 Å². The van der Waals surface area contributed by atoms with Crippen LogP contribution in [-0.4, -0.2) is 73.9 Å². The highest BCUT2D eigenvalue weighted by molar-refractivity contribution is 7.92. The Morgan fingerprint density at radius 1 is 0.923 bits per heavy atom. The number of alkyl halides is 3. The third kappa shape index (κ3) is 8.30. The number of anilines is 2. The first kappa shape index (κ1) is 30.2. The molecule has 9 nitrogen and oxygen atoms in total. The van der Waals surface area contributed by atoms with Crippen molar-refractivity contribution in [2.24, 2.45) is 0 Å². The van der Waals surface area contributed by atoms with Crippen molar-refractivity contribution in [3.8, 4) is 0 Å². The lowest BCUT2D eigenvalue weighted by atomic mass is 9.98. The van der Waals surface area contributed by atoms with Crippen LogP contribution in [0.25, 0.3) is 0 Å². The van der Waals surface area contributed by atoms with Gasteiger partial charge in [0, 0.05) is 24.8 Å². The second kappa shape index (κ2) is 12.6. The first-order valence-corrected chi connectivity index (χ1v) is 13.7. The summed E-state index contributed by atoms with van der Waals surface area (Å²) in [6.45, 7) is 3.81. The number of rotatable bonds is 6. The van der Waals surface area contributed by atoms with Gasteiger partial charge in [-0.2, -0.15) is 13.2 Å². The van der Waals surface area contributed by atoms with Crippen LogP contribution in [0.3, 0.4) is 0 Å². The number of carboxylic acid groups (broad SMARTS) is 2. The Hall–Kier alpha value is -3.39. The minimum Gasteiger partial charge on any atom is -0.478 e. The van der Waals surface area contributed by atoms with Crippen LogP contribution in [-0.2, 0) is 14.8 Å². The highest BCUT2D eigenvalue weighted by Crippen LogP contribution is 2.30. The predicted molar refractivity (Wildman–Crippen MR) is 135 cm³/mol. The Bertz CT molecular complexity index is 1270. The number of aromatic carboxylic acids is 1. The van der Waals surface area contributed by atoms with Gasteiger partial charge in [-0.3, -0.25) is 4.72 Å². The van der Waals surface area contributed by atoms with E-state index >= 15 is 0 Å². The summed E-state index contributed by atoms with van der Waals surface area (Å²) in [5.74, 6) is -4.54. The number of sulfonamides is 1. The molecule has 2 heterocycles. The zero-order valence-corrected chi connectivity index (χ0v) is 21.6. The van der Waals surface area contributed by atoms with Crippen LogP contribution in [0.2, 0.25) is 0 Å². The summed E-state index contributed by atoms with van der Waals surface area (Å²) in [7, 11) is -4.04. The molecular weight excluding hydrogens is 546 g/mol. The first-order chi connectivity index (χ1) is 18.3. The van der Waals surface area contributed by atoms with Crippen LogP contribution in [0.15, 0.2) is 47.4 Å². The molecule has 0 spiro atoms. The van der Waals surface area contributed by atoms with Crippen molar-refractivity contribution in [2.75, 3.05) is 35.8 Å². The SMILES string of the molecule is O=C(O)C(F)(F)F.O=C(O)c1cc(NS(=O)(=O)c2cccc(F)c2)ccc1N1CCC(N2CCCCC2)CC1. The van der Waals surface area contributed by atoms with Gasteiger partial charge in [0.1, 0.15) is 5.82 Å². The summed E-state index contributed by atoms with van der Waals surface area (Å²) in [6, 6.07) is 9.73. The second-order valence-corrected chi connectivity index (χ2v) is 10.9. The molecule has 0 bridgehead atoms. The zero-order valence-electron chi connectivity index (χ0n) is 20.8. The molecule has 2 aliphatic rings. The minimum atomic E-state index is -5.08. The number of carboxylic acids is 2. The number of carbonyl (C=O) groups is 2. The van der Waals surface area contributed by atoms with Gasteiger partial charge in [0.25, 0.3) is 10.0 Å². The van der Waals surface area contributed by atoms with Crippen molar-refractivity contribution in [3.05, 3.63) is 53.8 Å². The lowest BCUT2D eigenvalue weighted by Crippen LogP contribution is -2.47. The molecule has 2 saturated heterocycles.